The largest absolute Gasteiger partial charge is 0.333 e. The summed E-state index contributed by atoms with van der Waals surface area (Å²) in [6, 6.07) is 6.01. The first-order valence-electron chi connectivity index (χ1n) is 4.71. The number of imidazole rings is 1. The van der Waals surface area contributed by atoms with Crippen molar-refractivity contribution in [1.82, 2.24) is 9.97 Å². The molecule has 1 aromatic heterocycles. The molecule has 3 nitrogen and oxygen atoms in total. The van der Waals surface area contributed by atoms with Gasteiger partial charge in [-0.15, -0.1) is 0 Å². The van der Waals surface area contributed by atoms with E-state index in [1.165, 1.54) is 0 Å². The standard InChI is InChI=1S/C10H12BrN3S/c1-6(5-12)15-10-13-8-3-2-7(11)4-9(8)14-10/h2-4,6H,5,12H2,1H3,(H,13,14). The highest BCUT2D eigenvalue weighted by molar-refractivity contribution is 9.10. The molecule has 0 aliphatic rings. The number of nitrogens with zero attached hydrogens (tertiary/aromatic N) is 1. The first-order chi connectivity index (χ1) is 7.19. The number of fused-ring (bicyclic) bond motifs is 1. The first-order valence-corrected chi connectivity index (χ1v) is 6.38. The molecular weight excluding hydrogens is 274 g/mol. The number of hydrogen-bond acceptors (Lipinski definition) is 3. The minimum absolute atomic E-state index is 0.383. The van der Waals surface area contributed by atoms with Gasteiger partial charge in [0.25, 0.3) is 0 Å². The molecule has 3 N–H and O–H groups in total. The number of rotatable bonds is 3. The van der Waals surface area contributed by atoms with E-state index in [2.05, 4.69) is 32.8 Å². The maximum atomic E-state index is 5.57. The Hall–Kier alpha value is -0.520. The highest BCUT2D eigenvalue weighted by Gasteiger charge is 2.07. The van der Waals surface area contributed by atoms with Crippen LogP contribution in [0.15, 0.2) is 27.8 Å². The van der Waals surface area contributed by atoms with Crippen LogP contribution in [0.1, 0.15) is 6.92 Å². The first kappa shape index (κ1) is 11.0. The van der Waals surface area contributed by atoms with Crippen molar-refractivity contribution in [3.8, 4) is 0 Å². The molecule has 80 valence electrons. The molecule has 0 amide bonds. The van der Waals surface area contributed by atoms with Gasteiger partial charge in [-0.2, -0.15) is 0 Å². The molecule has 2 rings (SSSR count). The zero-order chi connectivity index (χ0) is 10.8. The SMILES string of the molecule is CC(CN)Sc1nc2ccc(Br)cc2[nH]1. The predicted molar refractivity (Wildman–Crippen MR) is 68.2 cm³/mol. The van der Waals surface area contributed by atoms with E-state index in [0.717, 1.165) is 20.7 Å². The van der Waals surface area contributed by atoms with Crippen LogP contribution in [-0.2, 0) is 0 Å². The average molecular weight is 286 g/mol. The van der Waals surface area contributed by atoms with E-state index in [-0.39, 0.29) is 0 Å². The highest BCUT2D eigenvalue weighted by atomic mass is 79.9. The van der Waals surface area contributed by atoms with Gasteiger partial charge in [0.2, 0.25) is 0 Å². The molecular formula is C10H12BrN3S. The molecule has 1 aromatic carbocycles. The van der Waals surface area contributed by atoms with Crippen LogP contribution in [0.5, 0.6) is 0 Å². The topological polar surface area (TPSA) is 54.7 Å². The van der Waals surface area contributed by atoms with Crippen LogP contribution in [0.4, 0.5) is 0 Å². The lowest BCUT2D eigenvalue weighted by Gasteiger charge is -2.03. The molecule has 5 heteroatoms. The number of H-pyrrole nitrogens is 1. The Kier molecular flexibility index (Phi) is 3.33. The second-order valence-corrected chi connectivity index (χ2v) is 5.71. The van der Waals surface area contributed by atoms with Crippen LogP contribution in [0.25, 0.3) is 11.0 Å². The number of benzene rings is 1. The number of thioether (sulfide) groups is 1. The molecule has 0 saturated carbocycles. The molecule has 2 aromatic rings. The second kappa shape index (κ2) is 4.55. The van der Waals surface area contributed by atoms with Gasteiger partial charge in [0.15, 0.2) is 5.16 Å². The van der Waals surface area contributed by atoms with E-state index in [4.69, 9.17) is 5.73 Å². The molecule has 0 bridgehead atoms. The van der Waals surface area contributed by atoms with E-state index < -0.39 is 0 Å². The summed E-state index contributed by atoms with van der Waals surface area (Å²) < 4.78 is 1.06. The van der Waals surface area contributed by atoms with E-state index >= 15 is 0 Å². The van der Waals surface area contributed by atoms with Gasteiger partial charge in [0.1, 0.15) is 0 Å². The molecule has 0 fully saturated rings. The summed E-state index contributed by atoms with van der Waals surface area (Å²) in [4.78, 5) is 7.74. The monoisotopic (exact) mass is 285 g/mol. The Balaban J connectivity index is 2.30. The van der Waals surface area contributed by atoms with Crippen LogP contribution in [0.2, 0.25) is 0 Å². The van der Waals surface area contributed by atoms with Gasteiger partial charge in [0, 0.05) is 16.3 Å². The summed E-state index contributed by atoms with van der Waals surface area (Å²) in [6.45, 7) is 2.75. The smallest absolute Gasteiger partial charge is 0.166 e. The van der Waals surface area contributed by atoms with Crippen molar-refractivity contribution in [2.75, 3.05) is 6.54 Å². The minimum Gasteiger partial charge on any atom is -0.333 e. The van der Waals surface area contributed by atoms with Crippen LogP contribution in [-0.4, -0.2) is 21.8 Å². The summed E-state index contributed by atoms with van der Waals surface area (Å²) >= 11 is 5.10. The molecule has 15 heavy (non-hydrogen) atoms. The van der Waals surface area contributed by atoms with Crippen molar-refractivity contribution in [1.29, 1.82) is 0 Å². The fourth-order valence-electron chi connectivity index (χ4n) is 1.25. The third-order valence-electron chi connectivity index (χ3n) is 2.07. The van der Waals surface area contributed by atoms with Crippen LogP contribution >= 0.6 is 27.7 Å². The van der Waals surface area contributed by atoms with Gasteiger partial charge in [-0.3, -0.25) is 0 Å². The van der Waals surface area contributed by atoms with Crippen molar-refractivity contribution in [2.24, 2.45) is 5.73 Å². The summed E-state index contributed by atoms with van der Waals surface area (Å²) in [7, 11) is 0. The normalized spacial score (nSPS) is 13.3. The van der Waals surface area contributed by atoms with Gasteiger partial charge in [-0.25, -0.2) is 4.98 Å². The molecule has 0 spiro atoms. The van der Waals surface area contributed by atoms with Crippen molar-refractivity contribution >= 4 is 38.7 Å². The van der Waals surface area contributed by atoms with Gasteiger partial charge in [0.05, 0.1) is 11.0 Å². The zero-order valence-corrected chi connectivity index (χ0v) is 10.7. The third kappa shape index (κ3) is 2.53. The minimum atomic E-state index is 0.383. The second-order valence-electron chi connectivity index (χ2n) is 3.37. The van der Waals surface area contributed by atoms with Crippen molar-refractivity contribution < 1.29 is 0 Å². The molecule has 1 atom stereocenters. The lowest BCUT2D eigenvalue weighted by atomic mass is 10.3. The van der Waals surface area contributed by atoms with E-state index in [0.29, 0.717) is 11.8 Å². The van der Waals surface area contributed by atoms with Crippen molar-refractivity contribution in [2.45, 2.75) is 17.3 Å². The maximum Gasteiger partial charge on any atom is 0.166 e. The Morgan fingerprint density at radius 2 is 2.40 bits per heavy atom. The number of aromatic nitrogens is 2. The zero-order valence-electron chi connectivity index (χ0n) is 8.33. The third-order valence-corrected chi connectivity index (χ3v) is 3.57. The van der Waals surface area contributed by atoms with E-state index in [1.807, 2.05) is 18.2 Å². The van der Waals surface area contributed by atoms with Crippen molar-refractivity contribution in [3.63, 3.8) is 0 Å². The van der Waals surface area contributed by atoms with Crippen LogP contribution in [0.3, 0.4) is 0 Å². The molecule has 0 radical (unpaired) electrons. The number of aromatic amines is 1. The lowest BCUT2D eigenvalue weighted by molar-refractivity contribution is 0.938. The fraction of sp³-hybridized carbons (Fsp3) is 0.300. The Morgan fingerprint density at radius 3 is 3.13 bits per heavy atom. The fourth-order valence-corrected chi connectivity index (χ4v) is 2.41. The highest BCUT2D eigenvalue weighted by Crippen LogP contribution is 2.24. The van der Waals surface area contributed by atoms with Gasteiger partial charge >= 0.3 is 0 Å². The number of hydrogen-bond donors (Lipinski definition) is 2. The summed E-state index contributed by atoms with van der Waals surface area (Å²) in [6.07, 6.45) is 0. The molecule has 0 aliphatic heterocycles. The van der Waals surface area contributed by atoms with Crippen LogP contribution < -0.4 is 5.73 Å². The average Bonchev–Trinajstić information content (AvgIpc) is 2.59. The molecule has 0 aliphatic carbocycles. The molecule has 0 saturated heterocycles. The Labute approximate surface area is 101 Å². The molecule has 1 heterocycles. The number of nitrogens with two attached hydrogens (primary N) is 1. The summed E-state index contributed by atoms with van der Waals surface area (Å²) in [5.41, 5.74) is 7.61. The summed E-state index contributed by atoms with van der Waals surface area (Å²) in [5, 5.41) is 1.31. The molecule has 1 unspecified atom stereocenters. The summed E-state index contributed by atoms with van der Waals surface area (Å²) in [5.74, 6) is 0. The van der Waals surface area contributed by atoms with Gasteiger partial charge in [-0.1, -0.05) is 34.6 Å². The van der Waals surface area contributed by atoms with Gasteiger partial charge < -0.3 is 10.7 Å². The van der Waals surface area contributed by atoms with Crippen molar-refractivity contribution in [3.05, 3.63) is 22.7 Å². The Morgan fingerprint density at radius 1 is 1.60 bits per heavy atom. The van der Waals surface area contributed by atoms with E-state index in [1.54, 1.807) is 11.8 Å². The van der Waals surface area contributed by atoms with Crippen LogP contribution in [0, 0.1) is 0 Å². The van der Waals surface area contributed by atoms with E-state index in [9.17, 15) is 0 Å². The quantitative estimate of drug-likeness (QED) is 0.853. The predicted octanol–water partition coefficient (Wildman–Crippen LogP) is 2.76. The van der Waals surface area contributed by atoms with Gasteiger partial charge in [-0.05, 0) is 18.2 Å². The number of nitrogens with one attached hydrogen (secondary N) is 1. The lowest BCUT2D eigenvalue weighted by Crippen LogP contribution is -2.12. The Bertz CT molecular complexity index is 469. The maximum absolute atomic E-state index is 5.57. The number of halogens is 1.